The maximum Gasteiger partial charge on any atom is 0.185 e. The second-order valence-corrected chi connectivity index (χ2v) is 5.05. The van der Waals surface area contributed by atoms with Crippen LogP contribution in [0.3, 0.4) is 0 Å². The number of benzene rings is 1. The van der Waals surface area contributed by atoms with Gasteiger partial charge in [-0.25, -0.2) is 4.98 Å². The topological polar surface area (TPSA) is 34.9 Å². The van der Waals surface area contributed by atoms with E-state index >= 15 is 0 Å². The summed E-state index contributed by atoms with van der Waals surface area (Å²) in [4.78, 5) is 15.5. The van der Waals surface area contributed by atoms with E-state index < -0.39 is 0 Å². The highest BCUT2D eigenvalue weighted by Gasteiger charge is 2.08. The molecule has 1 aliphatic rings. The zero-order valence-corrected chi connectivity index (χ0v) is 11.1. The van der Waals surface area contributed by atoms with E-state index in [0.717, 1.165) is 29.0 Å². The molecule has 96 valence electrons. The van der Waals surface area contributed by atoms with Crippen LogP contribution in [-0.4, -0.2) is 15.8 Å². The molecule has 1 aromatic carbocycles. The largest absolute Gasteiger partial charge is 0.325 e. The van der Waals surface area contributed by atoms with E-state index in [1.54, 1.807) is 0 Å². The van der Waals surface area contributed by atoms with Gasteiger partial charge < -0.3 is 4.57 Å². The molecule has 1 unspecified atom stereocenters. The number of allylic oxidation sites excluding steroid dienone is 2. The Morgan fingerprint density at radius 2 is 2.26 bits per heavy atom. The van der Waals surface area contributed by atoms with Crippen molar-refractivity contribution in [2.75, 3.05) is 0 Å². The first-order chi connectivity index (χ1) is 9.20. The van der Waals surface area contributed by atoms with Crippen molar-refractivity contribution in [2.45, 2.75) is 13.3 Å². The van der Waals surface area contributed by atoms with Gasteiger partial charge in [-0.1, -0.05) is 37.3 Å². The summed E-state index contributed by atoms with van der Waals surface area (Å²) in [6, 6.07) is 4.14. The maximum atomic E-state index is 11.0. The van der Waals surface area contributed by atoms with Gasteiger partial charge in [0.2, 0.25) is 0 Å². The second kappa shape index (κ2) is 4.50. The fraction of sp³-hybridized carbons (Fsp3) is 0.250. The van der Waals surface area contributed by atoms with Crippen LogP contribution in [0.2, 0.25) is 0 Å². The summed E-state index contributed by atoms with van der Waals surface area (Å²) in [6.45, 7) is 2.20. The predicted octanol–water partition coefficient (Wildman–Crippen LogP) is 1.54. The van der Waals surface area contributed by atoms with Crippen LogP contribution in [0.5, 0.6) is 0 Å². The molecule has 0 N–H and O–H groups in total. The Balaban J connectivity index is 2.43. The van der Waals surface area contributed by atoms with Gasteiger partial charge in [-0.2, -0.15) is 0 Å². The smallest absolute Gasteiger partial charge is 0.185 e. The number of carbonyl (C=O) groups is 1. The van der Waals surface area contributed by atoms with Gasteiger partial charge in [-0.05, 0) is 23.6 Å². The summed E-state index contributed by atoms with van der Waals surface area (Å²) in [5, 5.41) is 2.29. The highest BCUT2D eigenvalue weighted by atomic mass is 16.1. The Morgan fingerprint density at radius 1 is 1.42 bits per heavy atom. The van der Waals surface area contributed by atoms with Crippen molar-refractivity contribution in [1.82, 2.24) is 9.55 Å². The summed E-state index contributed by atoms with van der Waals surface area (Å²) in [7, 11) is 1.87. The molecule has 1 aromatic heterocycles. The van der Waals surface area contributed by atoms with Crippen LogP contribution >= 0.6 is 0 Å². The molecule has 0 spiro atoms. The molecular formula is C16H16N2O. The van der Waals surface area contributed by atoms with Gasteiger partial charge in [0.05, 0.1) is 11.0 Å². The highest BCUT2D eigenvalue weighted by Crippen LogP contribution is 2.10. The number of hydrogen-bond donors (Lipinski definition) is 0. The van der Waals surface area contributed by atoms with Crippen molar-refractivity contribution in [3.63, 3.8) is 0 Å². The summed E-state index contributed by atoms with van der Waals surface area (Å²) in [6.07, 6.45) is 10.4. The number of rotatable bonds is 1. The number of aryl methyl sites for hydroxylation is 1. The Bertz CT molecular complexity index is 796. The number of fused-ring (bicyclic) bond motifs is 3. The Labute approximate surface area is 111 Å². The zero-order chi connectivity index (χ0) is 13.4. The molecule has 2 aromatic rings. The quantitative estimate of drug-likeness (QED) is 0.722. The molecule has 0 aliphatic heterocycles. The van der Waals surface area contributed by atoms with Crippen LogP contribution in [0.4, 0.5) is 0 Å². The van der Waals surface area contributed by atoms with Crippen LogP contribution in [0.15, 0.2) is 24.3 Å². The molecule has 0 amide bonds. The van der Waals surface area contributed by atoms with E-state index in [0.29, 0.717) is 11.7 Å². The lowest BCUT2D eigenvalue weighted by atomic mass is 10.0. The third-order valence-corrected chi connectivity index (χ3v) is 3.68. The summed E-state index contributed by atoms with van der Waals surface area (Å²) < 4.78 is 1.83. The van der Waals surface area contributed by atoms with Crippen LogP contribution in [0, 0.1) is 5.92 Å². The van der Waals surface area contributed by atoms with Crippen molar-refractivity contribution in [2.24, 2.45) is 13.0 Å². The van der Waals surface area contributed by atoms with E-state index in [-0.39, 0.29) is 0 Å². The monoisotopic (exact) mass is 252 g/mol. The zero-order valence-electron chi connectivity index (χ0n) is 11.1. The van der Waals surface area contributed by atoms with Crippen LogP contribution < -0.4 is 10.4 Å². The van der Waals surface area contributed by atoms with Crippen molar-refractivity contribution in [1.29, 1.82) is 0 Å². The maximum absolute atomic E-state index is 11.0. The fourth-order valence-electron chi connectivity index (χ4n) is 2.50. The molecule has 3 heteroatoms. The lowest BCUT2D eigenvalue weighted by Crippen LogP contribution is -2.26. The average molecular weight is 252 g/mol. The minimum atomic E-state index is 0.469. The van der Waals surface area contributed by atoms with Crippen LogP contribution in [-0.2, 0) is 7.05 Å². The first-order valence-corrected chi connectivity index (χ1v) is 6.50. The van der Waals surface area contributed by atoms with Gasteiger partial charge >= 0.3 is 0 Å². The number of imidazole rings is 1. The molecule has 0 saturated heterocycles. The van der Waals surface area contributed by atoms with Gasteiger partial charge in [-0.3, -0.25) is 4.79 Å². The SMILES string of the molecule is CC1C=CC=c2c(ccc3c2nc(C=O)n3C)=CC1. The Kier molecular flexibility index (Phi) is 2.82. The summed E-state index contributed by atoms with van der Waals surface area (Å²) >= 11 is 0. The molecular weight excluding hydrogens is 236 g/mol. The predicted molar refractivity (Wildman–Crippen MR) is 77.2 cm³/mol. The molecule has 0 bridgehead atoms. The van der Waals surface area contributed by atoms with Crippen LogP contribution in [0.1, 0.15) is 24.0 Å². The Morgan fingerprint density at radius 3 is 3.05 bits per heavy atom. The molecule has 1 aliphatic carbocycles. The number of aromatic nitrogens is 2. The van der Waals surface area contributed by atoms with Crippen LogP contribution in [0.25, 0.3) is 23.2 Å². The first kappa shape index (κ1) is 11.9. The lowest BCUT2D eigenvalue weighted by molar-refractivity contribution is 0.111. The lowest BCUT2D eigenvalue weighted by Gasteiger charge is -2.03. The summed E-state index contributed by atoms with van der Waals surface area (Å²) in [5.41, 5.74) is 1.89. The number of nitrogens with zero attached hydrogens (tertiary/aromatic N) is 2. The highest BCUT2D eigenvalue weighted by molar-refractivity contribution is 5.84. The number of hydrogen-bond acceptors (Lipinski definition) is 2. The molecule has 1 atom stereocenters. The minimum Gasteiger partial charge on any atom is -0.325 e. The van der Waals surface area contributed by atoms with Crippen molar-refractivity contribution < 1.29 is 4.79 Å². The van der Waals surface area contributed by atoms with Gasteiger partial charge in [0.15, 0.2) is 12.1 Å². The molecule has 19 heavy (non-hydrogen) atoms. The summed E-state index contributed by atoms with van der Waals surface area (Å²) in [5.74, 6) is 1.02. The van der Waals surface area contributed by atoms with Crippen molar-refractivity contribution >= 4 is 29.5 Å². The van der Waals surface area contributed by atoms with Gasteiger partial charge in [0, 0.05) is 12.3 Å². The average Bonchev–Trinajstić information content (AvgIpc) is 2.72. The molecule has 0 saturated carbocycles. The fourth-order valence-corrected chi connectivity index (χ4v) is 2.50. The minimum absolute atomic E-state index is 0.469. The molecule has 3 nitrogen and oxygen atoms in total. The van der Waals surface area contributed by atoms with Crippen molar-refractivity contribution in [3.8, 4) is 0 Å². The van der Waals surface area contributed by atoms with E-state index in [2.05, 4.69) is 42.3 Å². The van der Waals surface area contributed by atoms with E-state index in [9.17, 15) is 4.79 Å². The normalized spacial score (nSPS) is 18.1. The molecule has 3 rings (SSSR count). The number of carbonyl (C=O) groups excluding carboxylic acids is 1. The Hall–Kier alpha value is -2.16. The van der Waals surface area contributed by atoms with Gasteiger partial charge in [0.1, 0.15) is 0 Å². The van der Waals surface area contributed by atoms with E-state index in [1.807, 2.05) is 17.7 Å². The molecule has 1 heterocycles. The second-order valence-electron chi connectivity index (χ2n) is 5.05. The molecule has 0 radical (unpaired) electrons. The number of aldehydes is 1. The third-order valence-electron chi connectivity index (χ3n) is 3.68. The first-order valence-electron chi connectivity index (χ1n) is 6.50. The van der Waals surface area contributed by atoms with E-state index in [1.165, 1.54) is 5.22 Å². The van der Waals surface area contributed by atoms with Gasteiger partial charge in [-0.15, -0.1) is 0 Å². The van der Waals surface area contributed by atoms with E-state index in [4.69, 9.17) is 0 Å². The van der Waals surface area contributed by atoms with Crippen molar-refractivity contribution in [3.05, 3.63) is 40.5 Å². The molecule has 0 fully saturated rings. The van der Waals surface area contributed by atoms with Gasteiger partial charge in [0.25, 0.3) is 0 Å². The standard InChI is InChI=1S/C16H16N2O/c1-11-4-3-5-13-12(7-6-11)8-9-14-16(13)17-15(10-19)18(14)2/h3-5,7-11H,6H2,1-2H3. The third kappa shape index (κ3) is 1.91.